The van der Waals surface area contributed by atoms with Gasteiger partial charge in [-0.25, -0.2) is 0 Å². The number of benzene rings is 2. The highest BCUT2D eigenvalue weighted by Gasteiger charge is 2.44. The molecule has 0 saturated heterocycles. The van der Waals surface area contributed by atoms with E-state index in [4.69, 9.17) is 0 Å². The first kappa shape index (κ1) is 20.1. The summed E-state index contributed by atoms with van der Waals surface area (Å²) in [5.41, 5.74) is -5.15. The molecule has 0 saturated carbocycles. The maximum atomic E-state index is 13.3. The predicted octanol–water partition coefficient (Wildman–Crippen LogP) is 7.58. The van der Waals surface area contributed by atoms with Crippen molar-refractivity contribution >= 4 is 47.4 Å². The van der Waals surface area contributed by atoms with Crippen LogP contribution in [0.15, 0.2) is 22.7 Å². The zero-order chi connectivity index (χ0) is 20.5. The summed E-state index contributed by atoms with van der Waals surface area (Å²) in [7, 11) is 0. The van der Waals surface area contributed by atoms with Crippen LogP contribution in [0.1, 0.15) is 16.7 Å². The topological polar surface area (TPSA) is 20.2 Å². The largest absolute Gasteiger partial charge is 0.507 e. The molecule has 3 rings (SSSR count). The molecule has 0 fully saturated rings. The lowest BCUT2D eigenvalue weighted by atomic mass is 10.0. The van der Waals surface area contributed by atoms with Gasteiger partial charge in [0.05, 0.1) is 15.8 Å². The third kappa shape index (κ3) is 3.33. The molecular formula is C15H4BrF9OS. The van der Waals surface area contributed by atoms with E-state index in [0.717, 1.165) is 6.07 Å². The minimum absolute atomic E-state index is 0.103. The number of rotatable bonds is 0. The van der Waals surface area contributed by atoms with Crippen LogP contribution in [0.2, 0.25) is 0 Å². The van der Waals surface area contributed by atoms with Crippen molar-refractivity contribution in [1.82, 2.24) is 0 Å². The molecule has 1 aromatic heterocycles. The fraction of sp³-hybridized carbons (Fsp3) is 0.200. The van der Waals surface area contributed by atoms with Crippen LogP contribution in [0.5, 0.6) is 5.75 Å². The maximum absolute atomic E-state index is 13.3. The SMILES string of the molecule is Oc1c(C(F)(F)F)cc2c(sc3cc(Br)c(C(F)(F)F)cc32)c1C(F)(F)F. The van der Waals surface area contributed by atoms with Gasteiger partial charge >= 0.3 is 18.5 Å². The van der Waals surface area contributed by atoms with E-state index < -0.39 is 60.9 Å². The number of fused-ring (bicyclic) bond motifs is 3. The van der Waals surface area contributed by atoms with E-state index >= 15 is 0 Å². The monoisotopic (exact) mass is 482 g/mol. The second kappa shape index (κ2) is 5.90. The minimum atomic E-state index is -5.35. The van der Waals surface area contributed by atoms with Gasteiger partial charge in [0.2, 0.25) is 0 Å². The number of hydrogen-bond acceptors (Lipinski definition) is 2. The van der Waals surface area contributed by atoms with Crippen molar-refractivity contribution < 1.29 is 44.6 Å². The number of aromatic hydroxyl groups is 1. The third-order valence-corrected chi connectivity index (χ3v) is 5.56. The van der Waals surface area contributed by atoms with Crippen LogP contribution >= 0.6 is 27.3 Å². The van der Waals surface area contributed by atoms with Crippen LogP contribution in [-0.2, 0) is 18.5 Å². The molecule has 1 heterocycles. The number of thiophene rings is 1. The quantitative estimate of drug-likeness (QED) is 0.327. The van der Waals surface area contributed by atoms with Gasteiger partial charge in [-0.3, -0.25) is 0 Å². The Labute approximate surface area is 156 Å². The van der Waals surface area contributed by atoms with E-state index in [0.29, 0.717) is 17.4 Å². The summed E-state index contributed by atoms with van der Waals surface area (Å²) in [6.07, 6.45) is -15.6. The summed E-state index contributed by atoms with van der Waals surface area (Å²) in [4.78, 5) is 0. The smallest absolute Gasteiger partial charge is 0.421 e. The van der Waals surface area contributed by atoms with Crippen molar-refractivity contribution in [2.24, 2.45) is 0 Å². The van der Waals surface area contributed by atoms with E-state index in [-0.39, 0.29) is 10.8 Å². The number of halogens is 10. The lowest BCUT2D eigenvalue weighted by Crippen LogP contribution is -2.11. The predicted molar refractivity (Wildman–Crippen MR) is 83.7 cm³/mol. The van der Waals surface area contributed by atoms with E-state index in [1.807, 2.05) is 0 Å². The Morgan fingerprint density at radius 1 is 0.741 bits per heavy atom. The molecule has 0 radical (unpaired) electrons. The van der Waals surface area contributed by atoms with Gasteiger partial charge in [0.15, 0.2) is 0 Å². The Morgan fingerprint density at radius 2 is 1.26 bits per heavy atom. The highest BCUT2D eigenvalue weighted by atomic mass is 79.9. The van der Waals surface area contributed by atoms with Crippen LogP contribution in [-0.4, -0.2) is 5.11 Å². The summed E-state index contributed by atoms with van der Waals surface area (Å²) in [5, 5.41) is 8.49. The first-order valence-corrected chi connectivity index (χ1v) is 8.36. The molecular weight excluding hydrogens is 479 g/mol. The Hall–Kier alpha value is -1.69. The average molecular weight is 483 g/mol. The molecule has 146 valence electrons. The molecule has 0 aliphatic rings. The standard InChI is InChI=1S/C15H4BrF9OS/c16-8-3-9-4(1-6(8)13(17,18)19)5-2-7(14(20,21)22)11(26)10(12(5)27-9)15(23,24)25/h1-3,26H. The first-order valence-electron chi connectivity index (χ1n) is 6.75. The van der Waals surface area contributed by atoms with Crippen LogP contribution in [0.3, 0.4) is 0 Å². The fourth-order valence-electron chi connectivity index (χ4n) is 2.62. The van der Waals surface area contributed by atoms with Gasteiger partial charge in [-0.2, -0.15) is 39.5 Å². The number of phenolic OH excluding ortho intramolecular Hbond substituents is 1. The highest BCUT2D eigenvalue weighted by molar-refractivity contribution is 9.10. The lowest BCUT2D eigenvalue weighted by molar-refractivity contribution is -0.144. The van der Waals surface area contributed by atoms with Crippen LogP contribution in [0.4, 0.5) is 39.5 Å². The molecule has 2 aromatic carbocycles. The van der Waals surface area contributed by atoms with Gasteiger partial charge in [0, 0.05) is 19.9 Å². The molecule has 0 spiro atoms. The molecule has 1 N–H and O–H groups in total. The maximum Gasteiger partial charge on any atom is 0.421 e. The molecule has 0 aliphatic carbocycles. The second-order valence-electron chi connectivity index (χ2n) is 5.45. The molecule has 0 amide bonds. The molecule has 0 bridgehead atoms. The summed E-state index contributed by atoms with van der Waals surface area (Å²) in [5.74, 6) is -2.01. The van der Waals surface area contributed by atoms with Crippen molar-refractivity contribution in [1.29, 1.82) is 0 Å². The van der Waals surface area contributed by atoms with Crippen molar-refractivity contribution in [3.63, 3.8) is 0 Å². The van der Waals surface area contributed by atoms with Crippen molar-refractivity contribution in [3.05, 3.63) is 39.4 Å². The molecule has 0 aliphatic heterocycles. The Morgan fingerprint density at radius 3 is 1.74 bits per heavy atom. The summed E-state index contributed by atoms with van der Waals surface area (Å²) in [6.45, 7) is 0. The van der Waals surface area contributed by atoms with Crippen molar-refractivity contribution in [2.75, 3.05) is 0 Å². The van der Waals surface area contributed by atoms with E-state index in [9.17, 15) is 44.6 Å². The van der Waals surface area contributed by atoms with E-state index in [1.54, 1.807) is 0 Å². The zero-order valence-electron chi connectivity index (χ0n) is 12.4. The van der Waals surface area contributed by atoms with Crippen LogP contribution in [0, 0.1) is 0 Å². The van der Waals surface area contributed by atoms with Gasteiger partial charge in [-0.15, -0.1) is 11.3 Å². The van der Waals surface area contributed by atoms with E-state index in [2.05, 4.69) is 15.9 Å². The second-order valence-corrected chi connectivity index (χ2v) is 7.35. The average Bonchev–Trinajstić information content (AvgIpc) is 2.78. The van der Waals surface area contributed by atoms with E-state index in [1.165, 1.54) is 0 Å². The fourth-order valence-corrected chi connectivity index (χ4v) is 4.61. The molecule has 0 unspecified atom stereocenters. The highest BCUT2D eigenvalue weighted by Crippen LogP contribution is 2.52. The Kier molecular flexibility index (Phi) is 4.38. The van der Waals surface area contributed by atoms with Crippen molar-refractivity contribution in [3.8, 4) is 5.75 Å². The van der Waals surface area contributed by atoms with Gasteiger partial charge in [-0.05, 0) is 18.2 Å². The Bertz CT molecular complexity index is 1060. The Balaban J connectivity index is 2.55. The number of alkyl halides is 9. The van der Waals surface area contributed by atoms with Crippen LogP contribution < -0.4 is 0 Å². The van der Waals surface area contributed by atoms with Gasteiger partial charge in [-0.1, -0.05) is 15.9 Å². The molecule has 0 atom stereocenters. The normalized spacial score (nSPS) is 13.7. The molecule has 12 heteroatoms. The number of hydrogen-bond donors (Lipinski definition) is 1. The summed E-state index contributed by atoms with van der Waals surface area (Å²) >= 11 is 3.00. The van der Waals surface area contributed by atoms with Gasteiger partial charge in [0.1, 0.15) is 11.3 Å². The third-order valence-electron chi connectivity index (χ3n) is 3.72. The van der Waals surface area contributed by atoms with Crippen LogP contribution in [0.25, 0.3) is 20.2 Å². The summed E-state index contributed by atoms with van der Waals surface area (Å²) < 4.78 is 117. The molecule has 3 aromatic rings. The lowest BCUT2D eigenvalue weighted by Gasteiger charge is -2.16. The van der Waals surface area contributed by atoms with Crippen molar-refractivity contribution in [2.45, 2.75) is 18.5 Å². The zero-order valence-corrected chi connectivity index (χ0v) is 14.8. The first-order chi connectivity index (χ1) is 12.1. The molecule has 27 heavy (non-hydrogen) atoms. The number of phenols is 1. The molecule has 1 nitrogen and oxygen atoms in total. The van der Waals surface area contributed by atoms with Gasteiger partial charge in [0.25, 0.3) is 0 Å². The van der Waals surface area contributed by atoms with Gasteiger partial charge < -0.3 is 5.11 Å². The summed E-state index contributed by atoms with van der Waals surface area (Å²) in [6, 6.07) is 1.59. The minimum Gasteiger partial charge on any atom is -0.507 e.